The molecule has 0 bridgehead atoms. The number of hydrogen-bond donors (Lipinski definition) is 1. The lowest BCUT2D eigenvalue weighted by molar-refractivity contribution is -0.141. The molecule has 3 rings (SSSR count). The van der Waals surface area contributed by atoms with Crippen LogP contribution in [0.5, 0.6) is 11.5 Å². The number of para-hydroxylation sites is 1. The van der Waals surface area contributed by atoms with Gasteiger partial charge in [-0.25, -0.2) is 4.79 Å². The van der Waals surface area contributed by atoms with Crippen molar-refractivity contribution in [2.75, 3.05) is 13.1 Å². The Bertz CT molecular complexity index is 826. The maximum absolute atomic E-state index is 12.4. The van der Waals surface area contributed by atoms with Crippen molar-refractivity contribution < 1.29 is 24.2 Å². The molecule has 1 aliphatic rings. The van der Waals surface area contributed by atoms with Crippen LogP contribution in [0.4, 0.5) is 4.79 Å². The highest BCUT2D eigenvalue weighted by Crippen LogP contribution is 2.35. The van der Waals surface area contributed by atoms with Crippen LogP contribution in [0.15, 0.2) is 54.6 Å². The molecule has 2 unspecified atom stereocenters. The third-order valence-electron chi connectivity index (χ3n) is 4.58. The molecule has 0 saturated carbocycles. The van der Waals surface area contributed by atoms with Crippen molar-refractivity contribution >= 4 is 12.1 Å². The molecule has 148 valence electrons. The lowest BCUT2D eigenvalue weighted by Gasteiger charge is -2.24. The molecule has 2 aromatic rings. The zero-order valence-corrected chi connectivity index (χ0v) is 16.3. The van der Waals surface area contributed by atoms with Crippen molar-refractivity contribution in [3.8, 4) is 11.5 Å². The molecule has 1 amide bonds. The summed E-state index contributed by atoms with van der Waals surface area (Å²) < 4.78 is 11.2. The van der Waals surface area contributed by atoms with E-state index in [0.717, 1.165) is 11.3 Å². The Balaban J connectivity index is 1.73. The van der Waals surface area contributed by atoms with E-state index in [1.807, 2.05) is 54.6 Å². The summed E-state index contributed by atoms with van der Waals surface area (Å²) >= 11 is 0. The van der Waals surface area contributed by atoms with Crippen LogP contribution in [-0.4, -0.2) is 40.8 Å². The third-order valence-corrected chi connectivity index (χ3v) is 4.58. The molecule has 6 nitrogen and oxygen atoms in total. The highest BCUT2D eigenvalue weighted by molar-refractivity contribution is 5.76. The summed E-state index contributed by atoms with van der Waals surface area (Å²) in [5, 5.41) is 9.62. The van der Waals surface area contributed by atoms with Crippen LogP contribution in [0.2, 0.25) is 0 Å². The molecule has 1 saturated heterocycles. The molecular weight excluding hydrogens is 358 g/mol. The van der Waals surface area contributed by atoms with Crippen molar-refractivity contribution in [2.24, 2.45) is 5.92 Å². The van der Waals surface area contributed by atoms with E-state index in [4.69, 9.17) is 9.47 Å². The number of aliphatic carboxylic acids is 1. The Kier molecular flexibility index (Phi) is 5.58. The summed E-state index contributed by atoms with van der Waals surface area (Å²) in [7, 11) is 0. The SMILES string of the molecule is CC(C)(C)OC(=O)N1CC(C(=O)O)C(c2ccc(Oc3ccccc3)cc2)C1. The molecule has 1 N–H and O–H groups in total. The van der Waals surface area contributed by atoms with Gasteiger partial charge in [-0.15, -0.1) is 0 Å². The van der Waals surface area contributed by atoms with Crippen LogP contribution >= 0.6 is 0 Å². The van der Waals surface area contributed by atoms with Gasteiger partial charge < -0.3 is 19.5 Å². The van der Waals surface area contributed by atoms with E-state index in [9.17, 15) is 14.7 Å². The predicted molar refractivity (Wildman–Crippen MR) is 105 cm³/mol. The molecule has 0 aliphatic carbocycles. The number of nitrogens with zero attached hydrogens (tertiary/aromatic N) is 1. The first kappa shape index (κ1) is 19.7. The molecule has 2 atom stereocenters. The van der Waals surface area contributed by atoms with Gasteiger partial charge >= 0.3 is 12.1 Å². The van der Waals surface area contributed by atoms with Gasteiger partial charge in [-0.1, -0.05) is 30.3 Å². The van der Waals surface area contributed by atoms with Crippen LogP contribution in [-0.2, 0) is 9.53 Å². The average molecular weight is 383 g/mol. The van der Waals surface area contributed by atoms with E-state index < -0.39 is 23.6 Å². The van der Waals surface area contributed by atoms with E-state index in [0.29, 0.717) is 12.3 Å². The number of carboxylic acid groups (broad SMARTS) is 1. The largest absolute Gasteiger partial charge is 0.481 e. The second-order valence-electron chi connectivity index (χ2n) is 7.92. The maximum atomic E-state index is 12.4. The van der Waals surface area contributed by atoms with Gasteiger partial charge in [0.15, 0.2) is 0 Å². The number of amides is 1. The summed E-state index contributed by atoms with van der Waals surface area (Å²) in [6, 6.07) is 16.8. The smallest absolute Gasteiger partial charge is 0.410 e. The number of ether oxygens (including phenoxy) is 2. The van der Waals surface area contributed by atoms with Crippen LogP contribution in [0.1, 0.15) is 32.3 Å². The lowest BCUT2D eigenvalue weighted by Crippen LogP contribution is -2.35. The first-order chi connectivity index (χ1) is 13.2. The number of rotatable bonds is 4. The van der Waals surface area contributed by atoms with Crippen molar-refractivity contribution in [3.05, 3.63) is 60.2 Å². The number of hydrogen-bond acceptors (Lipinski definition) is 4. The van der Waals surface area contributed by atoms with Crippen LogP contribution in [0, 0.1) is 5.92 Å². The minimum absolute atomic E-state index is 0.136. The first-order valence-corrected chi connectivity index (χ1v) is 9.26. The van der Waals surface area contributed by atoms with Gasteiger partial charge in [0.2, 0.25) is 0 Å². The van der Waals surface area contributed by atoms with Crippen molar-refractivity contribution in [2.45, 2.75) is 32.3 Å². The van der Waals surface area contributed by atoms with Crippen molar-refractivity contribution in [3.63, 3.8) is 0 Å². The summed E-state index contributed by atoms with van der Waals surface area (Å²) in [4.78, 5) is 25.6. The van der Waals surface area contributed by atoms with E-state index >= 15 is 0 Å². The van der Waals surface area contributed by atoms with Gasteiger partial charge in [-0.2, -0.15) is 0 Å². The van der Waals surface area contributed by atoms with Crippen molar-refractivity contribution in [1.82, 2.24) is 4.90 Å². The first-order valence-electron chi connectivity index (χ1n) is 9.26. The lowest BCUT2D eigenvalue weighted by atomic mass is 9.89. The van der Waals surface area contributed by atoms with Gasteiger partial charge in [0.1, 0.15) is 17.1 Å². The third kappa shape index (κ3) is 4.82. The molecule has 0 spiro atoms. The van der Waals surface area contributed by atoms with Gasteiger partial charge in [0, 0.05) is 19.0 Å². The van der Waals surface area contributed by atoms with Gasteiger partial charge in [-0.05, 0) is 50.6 Å². The Labute approximate surface area is 164 Å². The molecule has 0 radical (unpaired) electrons. The monoisotopic (exact) mass is 383 g/mol. The molecule has 1 aliphatic heterocycles. The molecule has 1 heterocycles. The second-order valence-corrected chi connectivity index (χ2v) is 7.92. The number of likely N-dealkylation sites (tertiary alicyclic amines) is 1. The highest BCUT2D eigenvalue weighted by atomic mass is 16.6. The maximum Gasteiger partial charge on any atom is 0.410 e. The van der Waals surface area contributed by atoms with E-state index in [-0.39, 0.29) is 12.5 Å². The predicted octanol–water partition coefficient (Wildman–Crippen LogP) is 4.51. The summed E-state index contributed by atoms with van der Waals surface area (Å²) in [6.07, 6.45) is -0.481. The zero-order chi connectivity index (χ0) is 20.3. The standard InChI is InChI=1S/C22H25NO5/c1-22(2,3)28-21(26)23-13-18(19(14-23)20(24)25)15-9-11-17(12-10-15)27-16-7-5-4-6-8-16/h4-12,18-19H,13-14H2,1-3H3,(H,24,25). The number of benzene rings is 2. The number of carbonyl (C=O) groups excluding carboxylic acids is 1. The van der Waals surface area contributed by atoms with Crippen molar-refractivity contribution in [1.29, 1.82) is 0 Å². The number of carboxylic acids is 1. The van der Waals surface area contributed by atoms with E-state index in [1.54, 1.807) is 20.8 Å². The molecule has 0 aromatic heterocycles. The van der Waals surface area contributed by atoms with Crippen LogP contribution in [0.3, 0.4) is 0 Å². The highest BCUT2D eigenvalue weighted by Gasteiger charge is 2.41. The van der Waals surface area contributed by atoms with E-state index in [1.165, 1.54) is 4.90 Å². The topological polar surface area (TPSA) is 76.1 Å². The molecule has 6 heteroatoms. The van der Waals surface area contributed by atoms with Gasteiger partial charge in [-0.3, -0.25) is 4.79 Å². The summed E-state index contributed by atoms with van der Waals surface area (Å²) in [6.45, 7) is 5.82. The Hall–Kier alpha value is -3.02. The fraction of sp³-hybridized carbons (Fsp3) is 0.364. The Morgan fingerprint density at radius 1 is 0.964 bits per heavy atom. The quantitative estimate of drug-likeness (QED) is 0.840. The second kappa shape index (κ2) is 7.92. The molecule has 2 aromatic carbocycles. The van der Waals surface area contributed by atoms with Crippen LogP contribution < -0.4 is 4.74 Å². The fourth-order valence-corrected chi connectivity index (χ4v) is 3.28. The zero-order valence-electron chi connectivity index (χ0n) is 16.3. The molecule has 1 fully saturated rings. The van der Waals surface area contributed by atoms with Gasteiger partial charge in [0.25, 0.3) is 0 Å². The summed E-state index contributed by atoms with van der Waals surface area (Å²) in [5.74, 6) is -0.482. The van der Waals surface area contributed by atoms with E-state index in [2.05, 4.69) is 0 Å². The Morgan fingerprint density at radius 2 is 1.57 bits per heavy atom. The minimum Gasteiger partial charge on any atom is -0.481 e. The minimum atomic E-state index is -0.916. The van der Waals surface area contributed by atoms with Gasteiger partial charge in [0.05, 0.1) is 5.92 Å². The van der Waals surface area contributed by atoms with Crippen LogP contribution in [0.25, 0.3) is 0 Å². The average Bonchev–Trinajstić information content (AvgIpc) is 3.08. The normalized spacial score (nSPS) is 19.3. The number of carbonyl (C=O) groups is 2. The fourth-order valence-electron chi connectivity index (χ4n) is 3.28. The Morgan fingerprint density at radius 3 is 2.14 bits per heavy atom. The molecule has 28 heavy (non-hydrogen) atoms. The molecular formula is C22H25NO5. The summed E-state index contributed by atoms with van der Waals surface area (Å²) in [5.41, 5.74) is 0.239.